The van der Waals surface area contributed by atoms with Gasteiger partial charge in [0, 0.05) is 6.07 Å². The SMILES string of the molecule is COc1ccc(S(=O)(=O)NNC(=O)COc2c(C)cccc2C)cc1OC. The second kappa shape index (κ2) is 8.74. The Kier molecular flexibility index (Phi) is 6.65. The Morgan fingerprint density at radius 1 is 1.00 bits per heavy atom. The Labute approximate surface area is 158 Å². The molecule has 2 aromatic carbocycles. The summed E-state index contributed by atoms with van der Waals surface area (Å²) < 4.78 is 40.3. The molecule has 0 unspecified atom stereocenters. The normalized spacial score (nSPS) is 11.0. The molecule has 0 heterocycles. The highest BCUT2D eigenvalue weighted by atomic mass is 32.2. The van der Waals surface area contributed by atoms with Crippen LogP contribution in [0.2, 0.25) is 0 Å². The van der Waals surface area contributed by atoms with Crippen molar-refractivity contribution in [2.24, 2.45) is 0 Å². The molecule has 0 aliphatic rings. The molecule has 0 aliphatic carbocycles. The first-order chi connectivity index (χ1) is 12.8. The molecular weight excluding hydrogens is 372 g/mol. The summed E-state index contributed by atoms with van der Waals surface area (Å²) in [5, 5.41) is 0. The van der Waals surface area contributed by atoms with Gasteiger partial charge < -0.3 is 14.2 Å². The molecule has 0 fully saturated rings. The molecule has 0 radical (unpaired) electrons. The molecule has 0 spiro atoms. The fourth-order valence-corrected chi connectivity index (χ4v) is 3.24. The van der Waals surface area contributed by atoms with Crippen molar-refractivity contribution in [1.29, 1.82) is 0 Å². The molecule has 27 heavy (non-hydrogen) atoms. The van der Waals surface area contributed by atoms with Crippen molar-refractivity contribution >= 4 is 15.9 Å². The summed E-state index contributed by atoms with van der Waals surface area (Å²) in [6, 6.07) is 9.69. The number of amides is 1. The lowest BCUT2D eigenvalue weighted by Crippen LogP contribution is -2.43. The van der Waals surface area contributed by atoms with Gasteiger partial charge in [-0.15, -0.1) is 4.83 Å². The number of nitrogens with one attached hydrogen (secondary N) is 2. The minimum absolute atomic E-state index is 0.0869. The number of hydrogen-bond acceptors (Lipinski definition) is 6. The number of aryl methyl sites for hydroxylation is 2. The minimum atomic E-state index is -3.99. The van der Waals surface area contributed by atoms with E-state index in [0.29, 0.717) is 11.5 Å². The van der Waals surface area contributed by atoms with E-state index in [9.17, 15) is 13.2 Å². The molecule has 146 valence electrons. The molecule has 0 atom stereocenters. The number of hydrazine groups is 1. The molecule has 0 saturated carbocycles. The summed E-state index contributed by atoms with van der Waals surface area (Å²) in [5.74, 6) is 0.602. The van der Waals surface area contributed by atoms with Crippen LogP contribution in [-0.2, 0) is 14.8 Å². The highest BCUT2D eigenvalue weighted by molar-refractivity contribution is 7.89. The van der Waals surface area contributed by atoms with Crippen molar-refractivity contribution < 1.29 is 27.4 Å². The first kappa shape index (κ1) is 20.5. The van der Waals surface area contributed by atoms with Crippen molar-refractivity contribution in [3.05, 3.63) is 47.5 Å². The van der Waals surface area contributed by atoms with Gasteiger partial charge in [-0.3, -0.25) is 10.2 Å². The summed E-state index contributed by atoms with van der Waals surface area (Å²) >= 11 is 0. The van der Waals surface area contributed by atoms with Crippen LogP contribution < -0.4 is 24.5 Å². The van der Waals surface area contributed by atoms with Gasteiger partial charge in [0.25, 0.3) is 15.9 Å². The van der Waals surface area contributed by atoms with E-state index in [4.69, 9.17) is 14.2 Å². The van der Waals surface area contributed by atoms with Gasteiger partial charge in [0.05, 0.1) is 19.1 Å². The van der Waals surface area contributed by atoms with Gasteiger partial charge in [0.15, 0.2) is 18.1 Å². The Morgan fingerprint density at radius 2 is 1.63 bits per heavy atom. The number of rotatable bonds is 8. The molecule has 0 aromatic heterocycles. The maximum absolute atomic E-state index is 12.3. The molecule has 9 heteroatoms. The fraction of sp³-hybridized carbons (Fsp3) is 0.278. The van der Waals surface area contributed by atoms with Crippen molar-refractivity contribution in [2.45, 2.75) is 18.7 Å². The van der Waals surface area contributed by atoms with Gasteiger partial charge in [0.1, 0.15) is 5.75 Å². The lowest BCUT2D eigenvalue weighted by molar-refractivity contribution is -0.123. The number of benzene rings is 2. The van der Waals surface area contributed by atoms with Gasteiger partial charge in [0.2, 0.25) is 0 Å². The van der Waals surface area contributed by atoms with Crippen LogP contribution in [0.5, 0.6) is 17.2 Å². The lowest BCUT2D eigenvalue weighted by atomic mass is 10.1. The van der Waals surface area contributed by atoms with E-state index in [-0.39, 0.29) is 17.3 Å². The van der Waals surface area contributed by atoms with Crippen LogP contribution in [0.3, 0.4) is 0 Å². The second-order valence-corrected chi connectivity index (χ2v) is 7.36. The number of methoxy groups -OCH3 is 2. The van der Waals surface area contributed by atoms with E-state index in [1.165, 1.54) is 32.4 Å². The first-order valence-electron chi connectivity index (χ1n) is 8.00. The summed E-state index contributed by atoms with van der Waals surface area (Å²) in [6.45, 7) is 3.39. The molecular formula is C18H22N2O6S. The van der Waals surface area contributed by atoms with Crippen LogP contribution in [-0.4, -0.2) is 35.2 Å². The number of para-hydroxylation sites is 1. The molecule has 0 bridgehead atoms. The van der Waals surface area contributed by atoms with E-state index in [1.54, 1.807) is 0 Å². The predicted octanol–water partition coefficient (Wildman–Crippen LogP) is 1.71. The number of carbonyl (C=O) groups is 1. The Morgan fingerprint density at radius 3 is 2.22 bits per heavy atom. The van der Waals surface area contributed by atoms with Crippen LogP contribution in [0.1, 0.15) is 11.1 Å². The van der Waals surface area contributed by atoms with Gasteiger partial charge in [-0.2, -0.15) is 0 Å². The van der Waals surface area contributed by atoms with E-state index >= 15 is 0 Å². The third kappa shape index (κ3) is 5.11. The van der Waals surface area contributed by atoms with Gasteiger partial charge in [-0.1, -0.05) is 18.2 Å². The number of carbonyl (C=O) groups excluding carboxylic acids is 1. The molecule has 2 rings (SSSR count). The topological polar surface area (TPSA) is 103 Å². The molecule has 8 nitrogen and oxygen atoms in total. The van der Waals surface area contributed by atoms with E-state index in [1.807, 2.05) is 36.9 Å². The fourth-order valence-electron chi connectivity index (χ4n) is 2.37. The summed E-state index contributed by atoms with van der Waals surface area (Å²) in [6.07, 6.45) is 0. The van der Waals surface area contributed by atoms with Crippen LogP contribution in [0, 0.1) is 13.8 Å². The van der Waals surface area contributed by atoms with E-state index < -0.39 is 15.9 Å². The molecule has 0 saturated heterocycles. The van der Waals surface area contributed by atoms with Crippen molar-refractivity contribution in [3.63, 3.8) is 0 Å². The molecule has 2 N–H and O–H groups in total. The highest BCUT2D eigenvalue weighted by Gasteiger charge is 2.18. The minimum Gasteiger partial charge on any atom is -0.493 e. The maximum Gasteiger partial charge on any atom is 0.272 e. The van der Waals surface area contributed by atoms with Gasteiger partial charge in [-0.05, 0) is 37.1 Å². The van der Waals surface area contributed by atoms with Gasteiger partial charge in [-0.25, -0.2) is 8.42 Å². The quantitative estimate of drug-likeness (QED) is 0.661. The zero-order chi connectivity index (χ0) is 20.0. The monoisotopic (exact) mass is 394 g/mol. The Hall–Kier alpha value is -2.78. The third-order valence-corrected chi connectivity index (χ3v) is 4.99. The van der Waals surface area contributed by atoms with E-state index in [0.717, 1.165) is 11.1 Å². The number of hydrogen-bond donors (Lipinski definition) is 2. The Balaban J connectivity index is 1.99. The largest absolute Gasteiger partial charge is 0.493 e. The smallest absolute Gasteiger partial charge is 0.272 e. The molecule has 0 aliphatic heterocycles. The summed E-state index contributed by atoms with van der Waals surface area (Å²) in [5.41, 5.74) is 3.89. The number of sulfonamides is 1. The summed E-state index contributed by atoms with van der Waals surface area (Å²) in [7, 11) is -1.14. The zero-order valence-electron chi connectivity index (χ0n) is 15.5. The van der Waals surface area contributed by atoms with Crippen molar-refractivity contribution in [3.8, 4) is 17.2 Å². The van der Waals surface area contributed by atoms with Crippen molar-refractivity contribution in [1.82, 2.24) is 10.3 Å². The Bertz CT molecular complexity index is 907. The number of ether oxygens (including phenoxy) is 3. The summed E-state index contributed by atoms with van der Waals surface area (Å²) in [4.78, 5) is 13.9. The van der Waals surface area contributed by atoms with Crippen LogP contribution >= 0.6 is 0 Å². The average Bonchev–Trinajstić information content (AvgIpc) is 2.65. The maximum atomic E-state index is 12.3. The average molecular weight is 394 g/mol. The van der Waals surface area contributed by atoms with Crippen LogP contribution in [0.4, 0.5) is 0 Å². The highest BCUT2D eigenvalue weighted by Crippen LogP contribution is 2.29. The predicted molar refractivity (Wildman–Crippen MR) is 99.4 cm³/mol. The second-order valence-electron chi connectivity index (χ2n) is 5.68. The first-order valence-corrected chi connectivity index (χ1v) is 9.48. The lowest BCUT2D eigenvalue weighted by Gasteiger charge is -2.13. The third-order valence-electron chi connectivity index (χ3n) is 3.75. The molecule has 2 aromatic rings. The molecule has 1 amide bonds. The van der Waals surface area contributed by atoms with Crippen molar-refractivity contribution in [2.75, 3.05) is 20.8 Å². The van der Waals surface area contributed by atoms with E-state index in [2.05, 4.69) is 5.43 Å². The standard InChI is InChI=1S/C18H22N2O6S/c1-12-6-5-7-13(2)18(12)26-11-17(21)19-20-27(22,23)14-8-9-15(24-3)16(10-14)25-4/h5-10,20H,11H2,1-4H3,(H,19,21). The van der Waals surface area contributed by atoms with Gasteiger partial charge >= 0.3 is 0 Å². The zero-order valence-corrected chi connectivity index (χ0v) is 16.3. The van der Waals surface area contributed by atoms with Crippen LogP contribution in [0.25, 0.3) is 0 Å². The van der Waals surface area contributed by atoms with Crippen LogP contribution in [0.15, 0.2) is 41.3 Å².